The normalized spacial score (nSPS) is 9.53. The van der Waals surface area contributed by atoms with Gasteiger partial charge in [-0.2, -0.15) is 12.6 Å². The van der Waals surface area contributed by atoms with Gasteiger partial charge in [-0.05, 0) is 29.8 Å². The van der Waals surface area contributed by atoms with Crippen LogP contribution >= 0.6 is 28.6 Å². The molecule has 2 rings (SSSR count). The molecular weight excluding hydrogens is 292 g/mol. The third-order valence-electron chi connectivity index (χ3n) is 2.35. The maximum Gasteiger partial charge on any atom is 0.0289 e. The van der Waals surface area contributed by atoms with Crippen molar-refractivity contribution in [1.82, 2.24) is 0 Å². The maximum atomic E-state index is 4.30. The van der Waals surface area contributed by atoms with Crippen LogP contribution in [0.3, 0.4) is 0 Å². The lowest BCUT2D eigenvalue weighted by Gasteiger charge is -1.98. The maximum absolute atomic E-state index is 4.30. The molecule has 0 heterocycles. The van der Waals surface area contributed by atoms with Gasteiger partial charge in [0.15, 0.2) is 0 Å². The largest absolute Gasteiger partial charge is 0.175 e. The van der Waals surface area contributed by atoms with Crippen molar-refractivity contribution >= 4 is 28.6 Å². The molecule has 0 bridgehead atoms. The van der Waals surface area contributed by atoms with Gasteiger partial charge in [0.1, 0.15) is 0 Å². The van der Waals surface area contributed by atoms with E-state index in [0.717, 1.165) is 15.6 Å². The van der Waals surface area contributed by atoms with E-state index in [0.29, 0.717) is 5.75 Å². The second-order valence-electron chi connectivity index (χ2n) is 3.58. The number of hydrogen-bond donors (Lipinski definition) is 1. The van der Waals surface area contributed by atoms with E-state index in [-0.39, 0.29) is 0 Å². The lowest BCUT2D eigenvalue weighted by Crippen LogP contribution is -1.84. The minimum Gasteiger partial charge on any atom is -0.175 e. The molecule has 0 aliphatic carbocycles. The predicted octanol–water partition coefficient (Wildman–Crippen LogP) is 4.28. The SMILES string of the molecule is SCc1ccccc1C#Cc1cccc(Br)c1. The Hall–Kier alpha value is -1.17. The Morgan fingerprint density at radius 1 is 1.00 bits per heavy atom. The molecule has 0 fully saturated rings. The monoisotopic (exact) mass is 302 g/mol. The highest BCUT2D eigenvalue weighted by atomic mass is 79.9. The summed E-state index contributed by atoms with van der Waals surface area (Å²) in [6.45, 7) is 0. The van der Waals surface area contributed by atoms with E-state index in [1.54, 1.807) is 0 Å². The fraction of sp³-hybridized carbons (Fsp3) is 0.0667. The highest BCUT2D eigenvalue weighted by molar-refractivity contribution is 9.10. The van der Waals surface area contributed by atoms with E-state index in [1.807, 2.05) is 42.5 Å². The van der Waals surface area contributed by atoms with E-state index in [9.17, 15) is 0 Å². The van der Waals surface area contributed by atoms with Crippen LogP contribution in [0.25, 0.3) is 0 Å². The molecule has 17 heavy (non-hydrogen) atoms. The molecule has 2 aromatic carbocycles. The molecular formula is C15H11BrS. The molecule has 0 unspecified atom stereocenters. The summed E-state index contributed by atoms with van der Waals surface area (Å²) in [6.07, 6.45) is 0. The third kappa shape index (κ3) is 3.39. The van der Waals surface area contributed by atoms with Crippen LogP contribution in [0.1, 0.15) is 16.7 Å². The van der Waals surface area contributed by atoms with E-state index >= 15 is 0 Å². The molecule has 0 nitrogen and oxygen atoms in total. The molecule has 2 heteroatoms. The van der Waals surface area contributed by atoms with Crippen molar-refractivity contribution in [3.05, 3.63) is 69.7 Å². The molecule has 0 aromatic heterocycles. The van der Waals surface area contributed by atoms with Crippen molar-refractivity contribution in [2.24, 2.45) is 0 Å². The van der Waals surface area contributed by atoms with Gasteiger partial charge in [-0.1, -0.05) is 52.0 Å². The lowest BCUT2D eigenvalue weighted by atomic mass is 10.1. The molecule has 2 aromatic rings. The Labute approximate surface area is 116 Å². The Morgan fingerprint density at radius 3 is 2.59 bits per heavy atom. The number of hydrogen-bond acceptors (Lipinski definition) is 1. The van der Waals surface area contributed by atoms with Crippen LogP contribution in [0.5, 0.6) is 0 Å². The molecule has 0 aliphatic heterocycles. The van der Waals surface area contributed by atoms with Crippen LogP contribution in [0, 0.1) is 11.8 Å². The van der Waals surface area contributed by atoms with Crippen LogP contribution < -0.4 is 0 Å². The number of benzene rings is 2. The second kappa shape index (κ2) is 5.95. The Kier molecular flexibility index (Phi) is 4.30. The summed E-state index contributed by atoms with van der Waals surface area (Å²) in [5.41, 5.74) is 3.22. The fourth-order valence-electron chi connectivity index (χ4n) is 1.49. The van der Waals surface area contributed by atoms with Crippen LogP contribution in [-0.2, 0) is 5.75 Å². The summed E-state index contributed by atoms with van der Waals surface area (Å²) >= 11 is 7.74. The predicted molar refractivity (Wildman–Crippen MR) is 79.3 cm³/mol. The molecule has 0 N–H and O–H groups in total. The van der Waals surface area contributed by atoms with Crippen molar-refractivity contribution in [2.75, 3.05) is 0 Å². The number of thiol groups is 1. The second-order valence-corrected chi connectivity index (χ2v) is 4.81. The van der Waals surface area contributed by atoms with Gasteiger partial charge >= 0.3 is 0 Å². The highest BCUT2D eigenvalue weighted by Gasteiger charge is 1.95. The summed E-state index contributed by atoms with van der Waals surface area (Å²) in [5, 5.41) is 0. The van der Waals surface area contributed by atoms with Crippen molar-refractivity contribution in [2.45, 2.75) is 5.75 Å². The Morgan fingerprint density at radius 2 is 1.82 bits per heavy atom. The van der Waals surface area contributed by atoms with Gasteiger partial charge < -0.3 is 0 Å². The summed E-state index contributed by atoms with van der Waals surface area (Å²) in [6, 6.07) is 16.1. The minimum absolute atomic E-state index is 0.712. The van der Waals surface area contributed by atoms with Crippen LogP contribution in [0.4, 0.5) is 0 Å². The molecule has 0 saturated carbocycles. The van der Waals surface area contributed by atoms with Gasteiger partial charge in [-0.25, -0.2) is 0 Å². The lowest BCUT2D eigenvalue weighted by molar-refractivity contribution is 1.40. The molecule has 0 atom stereocenters. The zero-order valence-electron chi connectivity index (χ0n) is 9.15. The Bertz CT molecular complexity index is 579. The molecule has 0 aliphatic rings. The van der Waals surface area contributed by atoms with E-state index in [1.165, 1.54) is 5.56 Å². The van der Waals surface area contributed by atoms with Crippen LogP contribution in [0.2, 0.25) is 0 Å². The highest BCUT2D eigenvalue weighted by Crippen LogP contribution is 2.12. The quantitative estimate of drug-likeness (QED) is 0.590. The van der Waals surface area contributed by atoms with E-state index in [4.69, 9.17) is 0 Å². The average molecular weight is 303 g/mol. The van der Waals surface area contributed by atoms with Gasteiger partial charge in [0.05, 0.1) is 0 Å². The van der Waals surface area contributed by atoms with Crippen LogP contribution in [-0.4, -0.2) is 0 Å². The first-order chi connectivity index (χ1) is 8.29. The zero-order chi connectivity index (χ0) is 12.1. The first-order valence-electron chi connectivity index (χ1n) is 5.26. The minimum atomic E-state index is 0.712. The van der Waals surface area contributed by atoms with Gasteiger partial charge in [0.2, 0.25) is 0 Å². The van der Waals surface area contributed by atoms with E-state index in [2.05, 4.69) is 46.5 Å². The van der Waals surface area contributed by atoms with Crippen molar-refractivity contribution in [1.29, 1.82) is 0 Å². The summed E-state index contributed by atoms with van der Waals surface area (Å²) in [5.74, 6) is 7.06. The van der Waals surface area contributed by atoms with Crippen LogP contribution in [0.15, 0.2) is 53.0 Å². The first kappa shape index (κ1) is 12.3. The van der Waals surface area contributed by atoms with Gasteiger partial charge in [0, 0.05) is 21.4 Å². The number of halogens is 1. The van der Waals surface area contributed by atoms with E-state index < -0.39 is 0 Å². The first-order valence-corrected chi connectivity index (χ1v) is 6.68. The van der Waals surface area contributed by atoms with Gasteiger partial charge in [-0.3, -0.25) is 0 Å². The summed E-state index contributed by atoms with van der Waals surface area (Å²) < 4.78 is 1.05. The molecule has 0 amide bonds. The molecule has 84 valence electrons. The topological polar surface area (TPSA) is 0 Å². The molecule has 0 spiro atoms. The van der Waals surface area contributed by atoms with Crippen molar-refractivity contribution in [3.63, 3.8) is 0 Å². The summed E-state index contributed by atoms with van der Waals surface area (Å²) in [7, 11) is 0. The number of rotatable bonds is 1. The fourth-order valence-corrected chi connectivity index (χ4v) is 2.16. The van der Waals surface area contributed by atoms with Crippen molar-refractivity contribution in [3.8, 4) is 11.8 Å². The van der Waals surface area contributed by atoms with Gasteiger partial charge in [0.25, 0.3) is 0 Å². The average Bonchev–Trinajstić information content (AvgIpc) is 2.37. The Balaban J connectivity index is 2.33. The molecule has 0 radical (unpaired) electrons. The summed E-state index contributed by atoms with van der Waals surface area (Å²) in [4.78, 5) is 0. The zero-order valence-corrected chi connectivity index (χ0v) is 11.6. The van der Waals surface area contributed by atoms with Crippen molar-refractivity contribution < 1.29 is 0 Å². The molecule has 0 saturated heterocycles. The smallest absolute Gasteiger partial charge is 0.0289 e. The standard InChI is InChI=1S/C15H11BrS/c16-15-7-3-4-12(10-15)8-9-13-5-1-2-6-14(13)11-17/h1-7,10,17H,11H2. The third-order valence-corrected chi connectivity index (χ3v) is 3.19. The van der Waals surface area contributed by atoms with Gasteiger partial charge in [-0.15, -0.1) is 0 Å².